The Bertz CT molecular complexity index is 704. The van der Waals surface area contributed by atoms with Crippen molar-refractivity contribution in [3.63, 3.8) is 0 Å². The quantitative estimate of drug-likeness (QED) is 0.595. The van der Waals surface area contributed by atoms with Gasteiger partial charge in [-0.2, -0.15) is 0 Å². The van der Waals surface area contributed by atoms with Gasteiger partial charge in [0.25, 0.3) is 5.91 Å². The van der Waals surface area contributed by atoms with Gasteiger partial charge in [-0.15, -0.1) is 11.6 Å². The molecule has 0 spiro atoms. The summed E-state index contributed by atoms with van der Waals surface area (Å²) in [5.74, 6) is -0.293. The van der Waals surface area contributed by atoms with E-state index < -0.39 is 17.7 Å². The molecule has 2 amide bonds. The minimum Gasteiger partial charge on any atom is -0.372 e. The van der Waals surface area contributed by atoms with Crippen molar-refractivity contribution >= 4 is 23.4 Å². The summed E-state index contributed by atoms with van der Waals surface area (Å²) in [6.45, 7) is 0.245. The van der Waals surface area contributed by atoms with Gasteiger partial charge in [0.1, 0.15) is 12.8 Å². The number of alkyl halides is 2. The molecule has 5 saturated carbocycles. The molecule has 5 unspecified atom stereocenters. The van der Waals surface area contributed by atoms with Gasteiger partial charge in [-0.3, -0.25) is 9.59 Å². The molecule has 1 aliphatic heterocycles. The lowest BCUT2D eigenvalue weighted by Crippen LogP contribution is -2.84. The molecule has 0 aromatic carbocycles. The molecular weight excluding hydrogens is 427 g/mol. The zero-order valence-corrected chi connectivity index (χ0v) is 18.5. The second-order valence-corrected chi connectivity index (χ2v) is 10.8. The third-order valence-electron chi connectivity index (χ3n) is 7.65. The van der Waals surface area contributed by atoms with E-state index in [4.69, 9.17) is 25.8 Å². The van der Waals surface area contributed by atoms with E-state index in [1.807, 2.05) is 0 Å². The SMILES string of the molecule is O=C(COC1CCC(Cl)C(F)C1)NC12CC(NC(=O)[C@@H]3COC4CCCCC4O3)(C1)C2. The molecule has 6 rings (SSSR count). The average Bonchev–Trinajstić information content (AvgIpc) is 2.71. The molecule has 0 aromatic rings. The fourth-order valence-corrected chi connectivity index (χ4v) is 6.35. The van der Waals surface area contributed by atoms with Gasteiger partial charge in [0.2, 0.25) is 5.91 Å². The Labute approximate surface area is 187 Å². The van der Waals surface area contributed by atoms with Crippen molar-refractivity contribution < 1.29 is 28.2 Å². The average molecular weight is 459 g/mol. The van der Waals surface area contributed by atoms with Crippen LogP contribution in [-0.4, -0.2) is 72.1 Å². The molecular formula is C22H32ClFN2O5. The first kappa shape index (κ1) is 21.9. The molecule has 2 N–H and O–H groups in total. The lowest BCUT2D eigenvalue weighted by atomic mass is 9.44. The van der Waals surface area contributed by atoms with Crippen molar-refractivity contribution in [3.8, 4) is 0 Å². The molecule has 6 atom stereocenters. The number of carbonyl (C=O) groups is 2. The first-order valence-electron chi connectivity index (χ1n) is 11.7. The molecule has 0 aromatic heterocycles. The summed E-state index contributed by atoms with van der Waals surface area (Å²) >= 11 is 5.89. The highest BCUT2D eigenvalue weighted by atomic mass is 35.5. The minimum absolute atomic E-state index is 0.0315. The fourth-order valence-electron chi connectivity index (χ4n) is 6.12. The van der Waals surface area contributed by atoms with Gasteiger partial charge >= 0.3 is 0 Å². The third-order valence-corrected chi connectivity index (χ3v) is 8.15. The Morgan fingerprint density at radius 3 is 2.48 bits per heavy atom. The molecule has 174 valence electrons. The highest BCUT2D eigenvalue weighted by Crippen LogP contribution is 2.60. The number of fused-ring (bicyclic) bond motifs is 1. The topological polar surface area (TPSA) is 85.9 Å². The van der Waals surface area contributed by atoms with Crippen molar-refractivity contribution in [2.45, 2.75) is 111 Å². The molecule has 0 radical (unpaired) electrons. The molecule has 9 heteroatoms. The smallest absolute Gasteiger partial charge is 0.251 e. The normalized spacial score (nSPS) is 46.1. The number of hydrogen-bond acceptors (Lipinski definition) is 5. The van der Waals surface area contributed by atoms with Crippen molar-refractivity contribution in [1.82, 2.24) is 10.6 Å². The molecule has 2 bridgehead atoms. The first-order valence-corrected chi connectivity index (χ1v) is 12.1. The molecule has 1 saturated heterocycles. The van der Waals surface area contributed by atoms with Gasteiger partial charge in [0.15, 0.2) is 6.10 Å². The summed E-state index contributed by atoms with van der Waals surface area (Å²) < 4.78 is 31.2. The van der Waals surface area contributed by atoms with Crippen molar-refractivity contribution in [2.24, 2.45) is 0 Å². The minimum atomic E-state index is -1.08. The molecule has 5 aliphatic carbocycles. The number of ether oxygens (including phenoxy) is 3. The van der Waals surface area contributed by atoms with E-state index in [2.05, 4.69) is 10.6 Å². The van der Waals surface area contributed by atoms with Crippen molar-refractivity contribution in [1.29, 1.82) is 0 Å². The van der Waals surface area contributed by atoms with Crippen LogP contribution in [0, 0.1) is 0 Å². The van der Waals surface area contributed by atoms with Crippen LogP contribution in [0.1, 0.15) is 64.2 Å². The van der Waals surface area contributed by atoms with Crippen LogP contribution >= 0.6 is 11.6 Å². The van der Waals surface area contributed by atoms with Crippen LogP contribution in [0.15, 0.2) is 0 Å². The lowest BCUT2D eigenvalue weighted by Gasteiger charge is -2.70. The highest BCUT2D eigenvalue weighted by molar-refractivity contribution is 6.21. The maximum absolute atomic E-state index is 13.7. The van der Waals surface area contributed by atoms with E-state index in [0.29, 0.717) is 19.4 Å². The number of nitrogens with one attached hydrogen (secondary N) is 2. The number of carbonyl (C=O) groups excluding carboxylic acids is 2. The highest BCUT2D eigenvalue weighted by Gasteiger charge is 2.69. The van der Waals surface area contributed by atoms with Gasteiger partial charge in [-0.25, -0.2) is 4.39 Å². The zero-order chi connectivity index (χ0) is 21.6. The number of amides is 2. The van der Waals surface area contributed by atoms with Crippen molar-refractivity contribution in [2.75, 3.05) is 13.2 Å². The predicted octanol–water partition coefficient (Wildman–Crippen LogP) is 2.14. The zero-order valence-electron chi connectivity index (χ0n) is 17.7. The maximum atomic E-state index is 13.7. The summed E-state index contributed by atoms with van der Waals surface area (Å²) in [5, 5.41) is 5.73. The third kappa shape index (κ3) is 4.45. The number of hydrogen-bond donors (Lipinski definition) is 2. The fraction of sp³-hybridized carbons (Fsp3) is 0.909. The van der Waals surface area contributed by atoms with Crippen LogP contribution in [0.25, 0.3) is 0 Å². The van der Waals surface area contributed by atoms with Crippen LogP contribution in [0.4, 0.5) is 4.39 Å². The monoisotopic (exact) mass is 458 g/mol. The largest absolute Gasteiger partial charge is 0.372 e. The second-order valence-electron chi connectivity index (χ2n) is 10.2. The standard InChI is InChI=1S/C22H32ClFN2O5/c23-14-6-5-13(7-15(14)24)29-9-19(27)25-21-10-22(11-21,12-21)26-20(28)18-8-30-16-3-1-2-4-17(16)31-18/h13-18H,1-12H2,(H,25,27)(H,26,28)/t13?,14?,15?,16?,17?,18-,21?,22?/m0/s1. The Hall–Kier alpha value is -0.960. The Morgan fingerprint density at radius 2 is 1.74 bits per heavy atom. The van der Waals surface area contributed by atoms with Crippen LogP contribution in [0.5, 0.6) is 0 Å². The van der Waals surface area contributed by atoms with Gasteiger partial charge in [-0.05, 0) is 44.9 Å². The lowest BCUT2D eigenvalue weighted by molar-refractivity contribution is -0.201. The molecule has 31 heavy (non-hydrogen) atoms. The van der Waals surface area contributed by atoms with Gasteiger partial charge < -0.3 is 24.8 Å². The van der Waals surface area contributed by atoms with E-state index in [-0.39, 0.29) is 54.2 Å². The molecule has 7 nitrogen and oxygen atoms in total. The summed E-state index contributed by atoms with van der Waals surface area (Å²) in [6.07, 6.45) is 6.20. The Morgan fingerprint density at radius 1 is 1.03 bits per heavy atom. The van der Waals surface area contributed by atoms with E-state index in [0.717, 1.165) is 44.9 Å². The molecule has 1 heterocycles. The van der Waals surface area contributed by atoms with Gasteiger partial charge in [0, 0.05) is 17.5 Å². The number of rotatable bonds is 6. The second kappa shape index (κ2) is 8.43. The van der Waals surface area contributed by atoms with Gasteiger partial charge in [-0.1, -0.05) is 12.8 Å². The summed E-state index contributed by atoms with van der Waals surface area (Å²) in [5.41, 5.74) is -0.485. The van der Waals surface area contributed by atoms with Gasteiger partial charge in [0.05, 0.1) is 30.3 Å². The summed E-state index contributed by atoms with van der Waals surface area (Å²) in [4.78, 5) is 25.0. The molecule has 6 aliphatic rings. The van der Waals surface area contributed by atoms with E-state index >= 15 is 0 Å². The summed E-state index contributed by atoms with van der Waals surface area (Å²) in [6, 6.07) is 0. The van der Waals surface area contributed by atoms with Crippen LogP contribution in [-0.2, 0) is 23.8 Å². The van der Waals surface area contributed by atoms with E-state index in [1.165, 1.54) is 0 Å². The van der Waals surface area contributed by atoms with Crippen LogP contribution in [0.3, 0.4) is 0 Å². The molecule has 6 fully saturated rings. The van der Waals surface area contributed by atoms with Crippen LogP contribution < -0.4 is 10.6 Å². The number of halogens is 2. The van der Waals surface area contributed by atoms with Crippen molar-refractivity contribution in [3.05, 3.63) is 0 Å². The summed E-state index contributed by atoms with van der Waals surface area (Å²) in [7, 11) is 0. The van der Waals surface area contributed by atoms with E-state index in [1.54, 1.807) is 0 Å². The van der Waals surface area contributed by atoms with E-state index in [9.17, 15) is 14.0 Å². The Kier molecular flexibility index (Phi) is 5.95. The predicted molar refractivity (Wildman–Crippen MR) is 111 cm³/mol. The van der Waals surface area contributed by atoms with Crippen LogP contribution in [0.2, 0.25) is 0 Å². The Balaban J connectivity index is 1.02. The maximum Gasteiger partial charge on any atom is 0.251 e. The first-order chi connectivity index (χ1) is 14.9.